The third-order valence-corrected chi connectivity index (χ3v) is 3.72. The number of nitrogen functional groups attached to an aromatic ring is 1. The number of pyridine rings is 1. The molecule has 4 heteroatoms. The molecular formula is C14H19ClN2O. The monoisotopic (exact) mass is 266 g/mol. The van der Waals surface area contributed by atoms with E-state index in [4.69, 9.17) is 17.3 Å². The molecule has 1 aliphatic rings. The van der Waals surface area contributed by atoms with E-state index in [1.54, 1.807) is 6.07 Å². The highest BCUT2D eigenvalue weighted by Crippen LogP contribution is 2.38. The van der Waals surface area contributed by atoms with E-state index in [0.717, 1.165) is 12.8 Å². The first kappa shape index (κ1) is 13.4. The average molecular weight is 267 g/mol. The van der Waals surface area contributed by atoms with Crippen LogP contribution in [0.25, 0.3) is 0 Å². The summed E-state index contributed by atoms with van der Waals surface area (Å²) >= 11 is 5.92. The zero-order valence-corrected chi connectivity index (χ0v) is 11.5. The normalized spacial score (nSPS) is 25.7. The predicted octanol–water partition coefficient (Wildman–Crippen LogP) is 3.34. The summed E-state index contributed by atoms with van der Waals surface area (Å²) in [5.41, 5.74) is 7.79. The predicted molar refractivity (Wildman–Crippen MR) is 74.3 cm³/mol. The van der Waals surface area contributed by atoms with Crippen molar-refractivity contribution in [2.75, 3.05) is 5.73 Å². The zero-order chi connectivity index (χ0) is 13.3. The van der Waals surface area contributed by atoms with Crippen LogP contribution in [0.5, 0.6) is 0 Å². The van der Waals surface area contributed by atoms with Crippen molar-refractivity contribution >= 4 is 17.4 Å². The number of aliphatic hydroxyl groups excluding tert-OH is 1. The molecule has 18 heavy (non-hydrogen) atoms. The fourth-order valence-electron chi connectivity index (χ4n) is 2.79. The fraction of sp³-hybridized carbons (Fsp3) is 0.500. The van der Waals surface area contributed by atoms with Gasteiger partial charge in [0.2, 0.25) is 0 Å². The highest BCUT2D eigenvalue weighted by atomic mass is 35.5. The van der Waals surface area contributed by atoms with Crippen LogP contribution in [0.15, 0.2) is 23.9 Å². The summed E-state index contributed by atoms with van der Waals surface area (Å²) in [5, 5.41) is 11.0. The molecule has 3 nitrogen and oxygen atoms in total. The van der Waals surface area contributed by atoms with Crippen LogP contribution in [-0.4, -0.2) is 10.1 Å². The summed E-state index contributed by atoms with van der Waals surface area (Å²) in [6.07, 6.45) is 5.04. The minimum absolute atomic E-state index is 0.188. The van der Waals surface area contributed by atoms with Gasteiger partial charge in [-0.2, -0.15) is 0 Å². The molecule has 1 aromatic rings. The summed E-state index contributed by atoms with van der Waals surface area (Å²) in [6, 6.07) is 1.72. The van der Waals surface area contributed by atoms with Crippen LogP contribution < -0.4 is 5.73 Å². The zero-order valence-electron chi connectivity index (χ0n) is 10.7. The molecule has 0 aliphatic heterocycles. The Kier molecular flexibility index (Phi) is 3.93. The van der Waals surface area contributed by atoms with E-state index in [1.807, 2.05) is 0 Å². The SMILES string of the molecule is CC1=CC(C)CC(C(O)c2cc(Cl)cnc2N)C1. The van der Waals surface area contributed by atoms with Gasteiger partial charge in [0.15, 0.2) is 0 Å². The lowest BCUT2D eigenvalue weighted by molar-refractivity contribution is 0.0936. The van der Waals surface area contributed by atoms with Gasteiger partial charge in [-0.15, -0.1) is 0 Å². The van der Waals surface area contributed by atoms with Gasteiger partial charge < -0.3 is 10.8 Å². The van der Waals surface area contributed by atoms with Crippen molar-refractivity contribution in [1.82, 2.24) is 4.98 Å². The van der Waals surface area contributed by atoms with Crippen LogP contribution in [0.2, 0.25) is 5.02 Å². The van der Waals surface area contributed by atoms with Crippen LogP contribution in [0.3, 0.4) is 0 Å². The van der Waals surface area contributed by atoms with Crippen molar-refractivity contribution in [2.24, 2.45) is 11.8 Å². The van der Waals surface area contributed by atoms with Crippen LogP contribution >= 0.6 is 11.6 Å². The van der Waals surface area contributed by atoms with Gasteiger partial charge in [0.25, 0.3) is 0 Å². The van der Waals surface area contributed by atoms with Gasteiger partial charge in [-0.05, 0) is 37.7 Å². The Labute approximate surface area is 113 Å². The first-order valence-corrected chi connectivity index (χ1v) is 6.61. The van der Waals surface area contributed by atoms with Gasteiger partial charge in [-0.1, -0.05) is 30.2 Å². The van der Waals surface area contributed by atoms with Crippen molar-refractivity contribution in [3.8, 4) is 0 Å². The van der Waals surface area contributed by atoms with E-state index in [1.165, 1.54) is 11.8 Å². The van der Waals surface area contributed by atoms with Crippen LogP contribution in [0, 0.1) is 11.8 Å². The third kappa shape index (κ3) is 2.85. The lowest BCUT2D eigenvalue weighted by Crippen LogP contribution is -2.20. The van der Waals surface area contributed by atoms with E-state index in [2.05, 4.69) is 24.9 Å². The van der Waals surface area contributed by atoms with Gasteiger partial charge in [0.05, 0.1) is 11.1 Å². The van der Waals surface area contributed by atoms with Crippen molar-refractivity contribution in [2.45, 2.75) is 32.8 Å². The molecule has 1 heterocycles. The minimum Gasteiger partial charge on any atom is -0.388 e. The average Bonchev–Trinajstić information content (AvgIpc) is 2.30. The summed E-state index contributed by atoms with van der Waals surface area (Å²) in [7, 11) is 0. The molecule has 1 aliphatic carbocycles. The molecule has 0 fully saturated rings. The van der Waals surface area contributed by atoms with E-state index in [0.29, 0.717) is 22.3 Å². The van der Waals surface area contributed by atoms with Crippen LogP contribution in [0.1, 0.15) is 38.4 Å². The topological polar surface area (TPSA) is 59.1 Å². The lowest BCUT2D eigenvalue weighted by Gasteiger charge is -2.30. The molecule has 0 radical (unpaired) electrons. The molecule has 98 valence electrons. The van der Waals surface area contributed by atoms with E-state index in [9.17, 15) is 5.11 Å². The Morgan fingerprint density at radius 2 is 2.28 bits per heavy atom. The second-order valence-electron chi connectivity index (χ2n) is 5.26. The Morgan fingerprint density at radius 1 is 1.56 bits per heavy atom. The Morgan fingerprint density at radius 3 is 2.94 bits per heavy atom. The maximum atomic E-state index is 10.5. The summed E-state index contributed by atoms with van der Waals surface area (Å²) in [6.45, 7) is 4.27. The van der Waals surface area contributed by atoms with E-state index < -0.39 is 6.10 Å². The molecular weight excluding hydrogens is 248 g/mol. The molecule has 0 aromatic carbocycles. The Hall–Kier alpha value is -1.06. The number of nitrogens with two attached hydrogens (primary N) is 1. The highest BCUT2D eigenvalue weighted by molar-refractivity contribution is 6.30. The Balaban J connectivity index is 2.23. The number of aromatic nitrogens is 1. The number of nitrogens with zero attached hydrogens (tertiary/aromatic N) is 1. The third-order valence-electron chi connectivity index (χ3n) is 3.51. The Bertz CT molecular complexity index is 473. The lowest BCUT2D eigenvalue weighted by atomic mass is 9.79. The van der Waals surface area contributed by atoms with Gasteiger partial charge in [0, 0.05) is 11.8 Å². The van der Waals surface area contributed by atoms with Gasteiger partial charge in [0.1, 0.15) is 5.82 Å². The summed E-state index contributed by atoms with van der Waals surface area (Å²) in [5.74, 6) is 1.05. The van der Waals surface area contributed by atoms with Crippen molar-refractivity contribution < 1.29 is 5.11 Å². The molecule has 0 saturated heterocycles. The fourth-order valence-corrected chi connectivity index (χ4v) is 2.96. The second kappa shape index (κ2) is 5.29. The molecule has 1 aromatic heterocycles. The minimum atomic E-state index is -0.595. The van der Waals surface area contributed by atoms with E-state index >= 15 is 0 Å². The van der Waals surface area contributed by atoms with Crippen molar-refractivity contribution in [3.05, 3.63) is 34.5 Å². The first-order valence-electron chi connectivity index (χ1n) is 6.23. The van der Waals surface area contributed by atoms with Gasteiger partial charge in [-0.25, -0.2) is 4.98 Å². The smallest absolute Gasteiger partial charge is 0.129 e. The quantitative estimate of drug-likeness (QED) is 0.807. The number of halogens is 1. The summed E-state index contributed by atoms with van der Waals surface area (Å²) in [4.78, 5) is 4.00. The molecule has 3 unspecified atom stereocenters. The number of allylic oxidation sites excluding steroid dienone is 2. The molecule has 0 amide bonds. The molecule has 0 saturated carbocycles. The van der Waals surface area contributed by atoms with Crippen LogP contribution in [-0.2, 0) is 0 Å². The molecule has 3 N–H and O–H groups in total. The van der Waals surface area contributed by atoms with Crippen LogP contribution in [0.4, 0.5) is 5.82 Å². The molecule has 3 atom stereocenters. The molecule has 2 rings (SSSR count). The highest BCUT2D eigenvalue weighted by Gasteiger charge is 2.27. The second-order valence-corrected chi connectivity index (χ2v) is 5.70. The van der Waals surface area contributed by atoms with Gasteiger partial charge in [-0.3, -0.25) is 0 Å². The molecule has 0 bridgehead atoms. The standard InChI is InChI=1S/C14H19ClN2O/c1-8-3-9(2)5-10(4-8)13(18)12-6-11(15)7-17-14(12)16/h3,6-8,10,13,18H,4-5H2,1-2H3,(H2,16,17). The maximum Gasteiger partial charge on any atom is 0.129 e. The van der Waals surface area contributed by atoms with E-state index in [-0.39, 0.29) is 5.92 Å². The number of rotatable bonds is 2. The van der Waals surface area contributed by atoms with Crippen molar-refractivity contribution in [1.29, 1.82) is 0 Å². The first-order chi connectivity index (χ1) is 8.47. The number of hydrogen-bond donors (Lipinski definition) is 2. The summed E-state index contributed by atoms with van der Waals surface area (Å²) < 4.78 is 0. The maximum absolute atomic E-state index is 10.5. The van der Waals surface area contributed by atoms with Gasteiger partial charge >= 0.3 is 0 Å². The van der Waals surface area contributed by atoms with Crippen molar-refractivity contribution in [3.63, 3.8) is 0 Å². The number of hydrogen-bond acceptors (Lipinski definition) is 3. The number of anilines is 1. The largest absolute Gasteiger partial charge is 0.388 e. The number of aliphatic hydroxyl groups is 1. The molecule has 0 spiro atoms.